The fourth-order valence-corrected chi connectivity index (χ4v) is 3.67. The molecule has 1 aliphatic rings. The smallest absolute Gasteiger partial charge is 0.209 e. The van der Waals surface area contributed by atoms with Crippen LogP contribution >= 0.6 is 11.8 Å². The third-order valence-corrected chi connectivity index (χ3v) is 4.95. The van der Waals surface area contributed by atoms with Gasteiger partial charge in [-0.2, -0.15) is 0 Å². The molecule has 1 N–H and O–H groups in total. The van der Waals surface area contributed by atoms with Gasteiger partial charge in [-0.05, 0) is 28.8 Å². The van der Waals surface area contributed by atoms with Gasteiger partial charge < -0.3 is 5.11 Å². The average Bonchev–Trinajstić information content (AvgIpc) is 3.03. The first-order chi connectivity index (χ1) is 10.3. The van der Waals surface area contributed by atoms with Crippen LogP contribution in [-0.2, 0) is 0 Å². The van der Waals surface area contributed by atoms with Crippen molar-refractivity contribution in [2.45, 2.75) is 49.4 Å². The Morgan fingerprint density at radius 2 is 1.95 bits per heavy atom. The molecule has 0 spiro atoms. The maximum absolute atomic E-state index is 10.2. The van der Waals surface area contributed by atoms with Crippen LogP contribution in [0.25, 0.3) is 0 Å². The molecule has 1 heterocycles. The molecule has 6 heteroatoms. The summed E-state index contributed by atoms with van der Waals surface area (Å²) in [4.78, 5) is 0. The molecule has 21 heavy (non-hydrogen) atoms. The number of hydrogen-bond acceptors (Lipinski definition) is 5. The van der Waals surface area contributed by atoms with E-state index in [2.05, 4.69) is 15.5 Å². The van der Waals surface area contributed by atoms with Gasteiger partial charge in [0.15, 0.2) is 0 Å². The lowest BCUT2D eigenvalue weighted by Crippen LogP contribution is -2.15. The third-order valence-electron chi connectivity index (χ3n) is 3.94. The SMILES string of the molecule is OC(CSc1nnnn1C1CCCCC1)c1ccccc1. The molecule has 0 saturated heterocycles. The molecule has 0 amide bonds. The van der Waals surface area contributed by atoms with Crippen LogP contribution in [0.5, 0.6) is 0 Å². The van der Waals surface area contributed by atoms with Crippen LogP contribution in [0.2, 0.25) is 0 Å². The molecule has 1 aliphatic carbocycles. The molecule has 0 radical (unpaired) electrons. The van der Waals surface area contributed by atoms with Crippen molar-refractivity contribution in [1.29, 1.82) is 0 Å². The highest BCUT2D eigenvalue weighted by molar-refractivity contribution is 7.99. The Hall–Kier alpha value is -1.40. The van der Waals surface area contributed by atoms with Crippen molar-refractivity contribution in [1.82, 2.24) is 20.2 Å². The van der Waals surface area contributed by atoms with Crippen molar-refractivity contribution >= 4 is 11.8 Å². The first-order valence-corrected chi connectivity index (χ1v) is 8.47. The summed E-state index contributed by atoms with van der Waals surface area (Å²) < 4.78 is 1.95. The molecule has 3 rings (SSSR count). The predicted molar refractivity (Wildman–Crippen MR) is 82.1 cm³/mol. The molecule has 1 atom stereocenters. The molecule has 1 unspecified atom stereocenters. The van der Waals surface area contributed by atoms with Crippen molar-refractivity contribution < 1.29 is 5.11 Å². The van der Waals surface area contributed by atoms with Gasteiger partial charge >= 0.3 is 0 Å². The number of aromatic nitrogens is 4. The van der Waals surface area contributed by atoms with E-state index >= 15 is 0 Å². The van der Waals surface area contributed by atoms with Crippen molar-refractivity contribution in [3.05, 3.63) is 35.9 Å². The second kappa shape index (κ2) is 7.04. The van der Waals surface area contributed by atoms with Gasteiger partial charge in [-0.25, -0.2) is 4.68 Å². The van der Waals surface area contributed by atoms with E-state index in [4.69, 9.17) is 0 Å². The van der Waals surface area contributed by atoms with Crippen LogP contribution < -0.4 is 0 Å². The van der Waals surface area contributed by atoms with Gasteiger partial charge in [0.05, 0.1) is 12.1 Å². The molecular weight excluding hydrogens is 284 g/mol. The number of hydrogen-bond donors (Lipinski definition) is 1. The molecule has 1 aromatic heterocycles. The van der Waals surface area contributed by atoms with Gasteiger partial charge in [0.25, 0.3) is 0 Å². The van der Waals surface area contributed by atoms with Crippen LogP contribution in [-0.4, -0.2) is 31.1 Å². The number of aliphatic hydroxyl groups is 1. The summed E-state index contributed by atoms with van der Waals surface area (Å²) in [5, 5.41) is 23.1. The molecule has 1 aromatic carbocycles. The van der Waals surface area contributed by atoms with Gasteiger partial charge in [0.2, 0.25) is 5.16 Å². The monoisotopic (exact) mass is 304 g/mol. The number of rotatable bonds is 5. The summed E-state index contributed by atoms with van der Waals surface area (Å²) in [6.45, 7) is 0. The van der Waals surface area contributed by atoms with E-state index in [1.165, 1.54) is 31.0 Å². The van der Waals surface area contributed by atoms with E-state index in [9.17, 15) is 5.11 Å². The summed E-state index contributed by atoms with van der Waals surface area (Å²) in [6, 6.07) is 10.1. The van der Waals surface area contributed by atoms with E-state index in [1.807, 2.05) is 35.0 Å². The highest BCUT2D eigenvalue weighted by atomic mass is 32.2. The van der Waals surface area contributed by atoms with Crippen LogP contribution in [0.3, 0.4) is 0 Å². The number of thioether (sulfide) groups is 1. The number of nitrogens with zero attached hydrogens (tertiary/aromatic N) is 4. The topological polar surface area (TPSA) is 63.8 Å². The van der Waals surface area contributed by atoms with Gasteiger partial charge in [-0.15, -0.1) is 5.10 Å². The van der Waals surface area contributed by atoms with Crippen LogP contribution in [0.1, 0.15) is 49.8 Å². The van der Waals surface area contributed by atoms with Gasteiger partial charge in [0.1, 0.15) is 0 Å². The predicted octanol–water partition coefficient (Wildman–Crippen LogP) is 3.00. The maximum atomic E-state index is 10.2. The Labute approximate surface area is 128 Å². The minimum atomic E-state index is -0.493. The molecule has 0 bridgehead atoms. The molecule has 1 fully saturated rings. The van der Waals surface area contributed by atoms with E-state index in [1.54, 1.807) is 0 Å². The standard InChI is InChI=1S/C15H20N4OS/c20-14(12-7-3-1-4-8-12)11-21-15-16-17-18-19(15)13-9-5-2-6-10-13/h1,3-4,7-8,13-14,20H,2,5-6,9-11H2. The van der Waals surface area contributed by atoms with Crippen LogP contribution in [0, 0.1) is 0 Å². The number of tetrazole rings is 1. The first kappa shape index (κ1) is 14.5. The van der Waals surface area contributed by atoms with E-state index in [0.29, 0.717) is 11.8 Å². The third kappa shape index (κ3) is 3.63. The Bertz CT molecular complexity index is 554. The highest BCUT2D eigenvalue weighted by Crippen LogP contribution is 2.31. The summed E-state index contributed by atoms with van der Waals surface area (Å²) in [6.07, 6.45) is 5.63. The summed E-state index contributed by atoms with van der Waals surface area (Å²) in [7, 11) is 0. The fraction of sp³-hybridized carbons (Fsp3) is 0.533. The first-order valence-electron chi connectivity index (χ1n) is 7.48. The van der Waals surface area contributed by atoms with Gasteiger partial charge in [-0.1, -0.05) is 61.4 Å². The van der Waals surface area contributed by atoms with E-state index < -0.39 is 6.10 Å². The van der Waals surface area contributed by atoms with Crippen molar-refractivity contribution in [2.75, 3.05) is 5.75 Å². The second-order valence-electron chi connectivity index (χ2n) is 5.44. The average molecular weight is 304 g/mol. The maximum Gasteiger partial charge on any atom is 0.209 e. The second-order valence-corrected chi connectivity index (χ2v) is 6.42. The molecule has 1 saturated carbocycles. The van der Waals surface area contributed by atoms with Crippen molar-refractivity contribution in [3.63, 3.8) is 0 Å². The largest absolute Gasteiger partial charge is 0.388 e. The molecule has 0 aliphatic heterocycles. The summed E-state index contributed by atoms with van der Waals surface area (Å²) >= 11 is 1.53. The molecular formula is C15H20N4OS. The summed E-state index contributed by atoms with van der Waals surface area (Å²) in [5.41, 5.74) is 0.932. The van der Waals surface area contributed by atoms with Crippen LogP contribution in [0.15, 0.2) is 35.5 Å². The Morgan fingerprint density at radius 3 is 2.71 bits per heavy atom. The molecule has 112 valence electrons. The Morgan fingerprint density at radius 1 is 1.19 bits per heavy atom. The highest BCUT2D eigenvalue weighted by Gasteiger charge is 2.21. The Balaban J connectivity index is 1.62. The van der Waals surface area contributed by atoms with Crippen molar-refractivity contribution in [2.24, 2.45) is 0 Å². The zero-order valence-electron chi connectivity index (χ0n) is 11.9. The number of benzene rings is 1. The fourth-order valence-electron chi connectivity index (χ4n) is 2.76. The zero-order valence-corrected chi connectivity index (χ0v) is 12.7. The minimum absolute atomic E-state index is 0.421. The summed E-state index contributed by atoms with van der Waals surface area (Å²) in [5.74, 6) is 0.567. The molecule has 5 nitrogen and oxygen atoms in total. The van der Waals surface area contributed by atoms with E-state index in [0.717, 1.165) is 23.6 Å². The lowest BCUT2D eigenvalue weighted by atomic mass is 9.96. The van der Waals surface area contributed by atoms with E-state index in [-0.39, 0.29) is 0 Å². The van der Waals surface area contributed by atoms with Crippen LogP contribution in [0.4, 0.5) is 0 Å². The van der Waals surface area contributed by atoms with Gasteiger partial charge in [-0.3, -0.25) is 0 Å². The quantitative estimate of drug-likeness (QED) is 0.860. The normalized spacial score (nSPS) is 17.8. The minimum Gasteiger partial charge on any atom is -0.388 e. The lowest BCUT2D eigenvalue weighted by molar-refractivity contribution is 0.204. The lowest BCUT2D eigenvalue weighted by Gasteiger charge is -2.22. The number of aliphatic hydroxyl groups excluding tert-OH is 1. The zero-order chi connectivity index (χ0) is 14.5. The van der Waals surface area contributed by atoms with Crippen molar-refractivity contribution in [3.8, 4) is 0 Å². The van der Waals surface area contributed by atoms with Gasteiger partial charge in [0, 0.05) is 5.75 Å². The Kier molecular flexibility index (Phi) is 4.87. The molecule has 2 aromatic rings.